The van der Waals surface area contributed by atoms with E-state index < -0.39 is 0 Å². The first-order valence-electron chi connectivity index (χ1n) is 10.8. The van der Waals surface area contributed by atoms with Gasteiger partial charge in [-0.25, -0.2) is 0 Å². The highest BCUT2D eigenvalue weighted by Gasteiger charge is 2.26. The molecule has 0 atom stereocenters. The lowest BCUT2D eigenvalue weighted by molar-refractivity contribution is 0.590. The molecule has 4 aromatic rings. The molecular weight excluding hydrogens is 348 g/mol. The average molecular weight is 379 g/mol. The molecule has 29 heavy (non-hydrogen) atoms. The van der Waals surface area contributed by atoms with Crippen molar-refractivity contribution in [2.24, 2.45) is 0 Å². The molecule has 0 amide bonds. The molecule has 146 valence electrons. The van der Waals surface area contributed by atoms with E-state index in [0.717, 1.165) is 6.42 Å². The molecule has 0 radical (unpaired) electrons. The molecule has 0 heterocycles. The summed E-state index contributed by atoms with van der Waals surface area (Å²) in [7, 11) is 0. The van der Waals surface area contributed by atoms with Crippen LogP contribution in [-0.2, 0) is 17.3 Å². The van der Waals surface area contributed by atoms with Gasteiger partial charge in [-0.3, -0.25) is 0 Å². The summed E-state index contributed by atoms with van der Waals surface area (Å²) >= 11 is 0. The minimum atomic E-state index is 0.143. The Balaban J connectivity index is 1.95. The zero-order valence-corrected chi connectivity index (χ0v) is 18.5. The summed E-state index contributed by atoms with van der Waals surface area (Å²) < 4.78 is 0. The van der Waals surface area contributed by atoms with E-state index in [9.17, 15) is 0 Å². The largest absolute Gasteiger partial charge is 0.0619 e. The van der Waals surface area contributed by atoms with Gasteiger partial charge in [0.05, 0.1) is 0 Å². The molecule has 1 aliphatic carbocycles. The van der Waals surface area contributed by atoms with Gasteiger partial charge in [-0.2, -0.15) is 0 Å². The quantitative estimate of drug-likeness (QED) is 0.238. The molecule has 0 heteroatoms. The maximum absolute atomic E-state index is 2.46. The second-order valence-corrected chi connectivity index (χ2v) is 10.7. The van der Waals surface area contributed by atoms with Crippen molar-refractivity contribution in [1.82, 2.24) is 0 Å². The first-order valence-corrected chi connectivity index (χ1v) is 10.8. The predicted octanol–water partition coefficient (Wildman–Crippen LogP) is 8.16. The van der Waals surface area contributed by atoms with Crippen molar-refractivity contribution in [1.29, 1.82) is 0 Å². The fraction of sp³-hybridized carbons (Fsp3) is 0.310. The molecule has 5 rings (SSSR count). The average Bonchev–Trinajstić information content (AvgIpc) is 3.06. The summed E-state index contributed by atoms with van der Waals surface area (Å²) in [5, 5.41) is 5.61. The monoisotopic (exact) mass is 378 g/mol. The van der Waals surface area contributed by atoms with Crippen LogP contribution in [0.25, 0.3) is 32.7 Å². The van der Waals surface area contributed by atoms with Gasteiger partial charge in [0.2, 0.25) is 0 Å². The fourth-order valence-corrected chi connectivity index (χ4v) is 4.85. The van der Waals surface area contributed by atoms with Gasteiger partial charge in [-0.1, -0.05) is 96.1 Å². The zero-order chi connectivity index (χ0) is 20.6. The third kappa shape index (κ3) is 2.81. The molecular formula is C29H30. The highest BCUT2D eigenvalue weighted by atomic mass is 14.3. The first-order chi connectivity index (χ1) is 13.6. The third-order valence-corrected chi connectivity index (χ3v) is 6.61. The number of benzene rings is 4. The summed E-state index contributed by atoms with van der Waals surface area (Å²) in [6, 6.07) is 23.2. The molecule has 4 aromatic carbocycles. The SMILES string of the molecule is CC(C)(C)c1ccc2c(c1)c1c(c3cc(C(C)(C)C)ccc32)-c2ccccc2C1. The van der Waals surface area contributed by atoms with Crippen molar-refractivity contribution < 1.29 is 0 Å². The van der Waals surface area contributed by atoms with Crippen molar-refractivity contribution in [3.63, 3.8) is 0 Å². The van der Waals surface area contributed by atoms with Crippen LogP contribution in [0, 0.1) is 0 Å². The second-order valence-electron chi connectivity index (χ2n) is 10.7. The van der Waals surface area contributed by atoms with Crippen LogP contribution >= 0.6 is 0 Å². The van der Waals surface area contributed by atoms with Crippen LogP contribution in [0.1, 0.15) is 63.8 Å². The molecule has 0 bridgehead atoms. The van der Waals surface area contributed by atoms with E-state index in [1.165, 1.54) is 54.9 Å². The maximum atomic E-state index is 2.46. The highest BCUT2D eigenvalue weighted by Crippen LogP contribution is 2.47. The third-order valence-electron chi connectivity index (χ3n) is 6.61. The number of hydrogen-bond donors (Lipinski definition) is 0. The minimum Gasteiger partial charge on any atom is -0.0619 e. The van der Waals surface area contributed by atoms with Crippen molar-refractivity contribution in [2.45, 2.75) is 58.8 Å². The van der Waals surface area contributed by atoms with Gasteiger partial charge in [0.1, 0.15) is 0 Å². The van der Waals surface area contributed by atoms with E-state index in [4.69, 9.17) is 0 Å². The van der Waals surface area contributed by atoms with Gasteiger partial charge in [-0.05, 0) is 78.2 Å². The fourth-order valence-electron chi connectivity index (χ4n) is 4.85. The smallest absolute Gasteiger partial charge is 0.000705 e. The van der Waals surface area contributed by atoms with Crippen LogP contribution in [0.4, 0.5) is 0 Å². The van der Waals surface area contributed by atoms with Gasteiger partial charge in [0, 0.05) is 0 Å². The Morgan fingerprint density at radius 1 is 0.586 bits per heavy atom. The van der Waals surface area contributed by atoms with Crippen LogP contribution in [0.15, 0.2) is 60.7 Å². The zero-order valence-electron chi connectivity index (χ0n) is 18.5. The molecule has 0 unspecified atom stereocenters. The second kappa shape index (κ2) is 5.95. The van der Waals surface area contributed by atoms with Crippen molar-refractivity contribution in [3.8, 4) is 11.1 Å². The number of rotatable bonds is 0. The Bertz CT molecular complexity index is 1270. The molecule has 0 saturated carbocycles. The van der Waals surface area contributed by atoms with Crippen molar-refractivity contribution in [3.05, 3.63) is 82.9 Å². The molecule has 0 spiro atoms. The Kier molecular flexibility index (Phi) is 3.78. The van der Waals surface area contributed by atoms with Crippen LogP contribution in [0.3, 0.4) is 0 Å². The topological polar surface area (TPSA) is 0 Å². The maximum Gasteiger partial charge on any atom is -0.000705 e. The van der Waals surface area contributed by atoms with E-state index >= 15 is 0 Å². The van der Waals surface area contributed by atoms with E-state index in [0.29, 0.717) is 0 Å². The number of fused-ring (bicyclic) bond motifs is 8. The molecule has 0 aromatic heterocycles. The standard InChI is InChI=1S/C29H30/c1-28(2,3)19-11-13-22-23-14-12-20(29(4,5)6)17-26(23)27-21-10-8-7-9-18(21)15-25(27)24(22)16-19/h7-14,16-17H,15H2,1-6H3. The van der Waals surface area contributed by atoms with Crippen molar-refractivity contribution in [2.75, 3.05) is 0 Å². The lowest BCUT2D eigenvalue weighted by Crippen LogP contribution is -2.11. The van der Waals surface area contributed by atoms with Crippen LogP contribution < -0.4 is 0 Å². The van der Waals surface area contributed by atoms with Gasteiger partial charge < -0.3 is 0 Å². The van der Waals surface area contributed by atoms with Gasteiger partial charge in [-0.15, -0.1) is 0 Å². The van der Waals surface area contributed by atoms with E-state index in [2.05, 4.69) is 102 Å². The Labute approximate surface area is 174 Å². The Morgan fingerprint density at radius 3 is 1.76 bits per heavy atom. The minimum absolute atomic E-state index is 0.143. The molecule has 0 fully saturated rings. The lowest BCUT2D eigenvalue weighted by atomic mass is 9.81. The summed E-state index contributed by atoms with van der Waals surface area (Å²) in [6.07, 6.45) is 1.03. The van der Waals surface area contributed by atoms with E-state index in [1.807, 2.05) is 0 Å². The number of hydrogen-bond acceptors (Lipinski definition) is 0. The molecule has 0 aliphatic heterocycles. The highest BCUT2D eigenvalue weighted by molar-refractivity contribution is 6.17. The van der Waals surface area contributed by atoms with E-state index in [1.54, 1.807) is 0 Å². The Hall–Kier alpha value is -2.60. The molecule has 0 nitrogen and oxygen atoms in total. The van der Waals surface area contributed by atoms with Crippen molar-refractivity contribution >= 4 is 21.5 Å². The molecule has 0 N–H and O–H groups in total. The summed E-state index contributed by atoms with van der Waals surface area (Å²) in [4.78, 5) is 0. The molecule has 0 saturated heterocycles. The van der Waals surface area contributed by atoms with Gasteiger partial charge in [0.15, 0.2) is 0 Å². The van der Waals surface area contributed by atoms with Gasteiger partial charge >= 0.3 is 0 Å². The van der Waals surface area contributed by atoms with Crippen LogP contribution in [0.5, 0.6) is 0 Å². The lowest BCUT2D eigenvalue weighted by Gasteiger charge is -2.23. The predicted molar refractivity (Wildman–Crippen MR) is 127 cm³/mol. The summed E-state index contributed by atoms with van der Waals surface area (Å²) in [6.45, 7) is 13.8. The normalized spacial score (nSPS) is 13.7. The van der Waals surface area contributed by atoms with E-state index in [-0.39, 0.29) is 10.8 Å². The van der Waals surface area contributed by atoms with Gasteiger partial charge in [0.25, 0.3) is 0 Å². The molecule has 1 aliphatic rings. The summed E-state index contributed by atoms with van der Waals surface area (Å²) in [5.74, 6) is 0. The summed E-state index contributed by atoms with van der Waals surface area (Å²) in [5.41, 5.74) is 8.95. The first kappa shape index (κ1) is 18.4. The van der Waals surface area contributed by atoms with Crippen LogP contribution in [-0.4, -0.2) is 0 Å². The Morgan fingerprint density at radius 2 is 1.14 bits per heavy atom. The van der Waals surface area contributed by atoms with Crippen LogP contribution in [0.2, 0.25) is 0 Å².